The third-order valence-corrected chi connectivity index (χ3v) is 5.39. The molecule has 1 aliphatic rings. The van der Waals surface area contributed by atoms with Crippen LogP contribution >= 0.6 is 11.6 Å². The van der Waals surface area contributed by atoms with E-state index in [1.807, 2.05) is 18.3 Å². The molecule has 134 valence electrons. The van der Waals surface area contributed by atoms with Crippen LogP contribution < -0.4 is 0 Å². The average molecular weight is 364 g/mol. The maximum absolute atomic E-state index is 6.09. The van der Waals surface area contributed by atoms with Crippen molar-refractivity contribution < 1.29 is 0 Å². The molecule has 2 heteroatoms. The first-order valence-corrected chi connectivity index (χ1v) is 9.74. The molecule has 1 atom stereocenters. The van der Waals surface area contributed by atoms with Gasteiger partial charge in [0, 0.05) is 22.9 Å². The number of hydrogen-bond acceptors (Lipinski definition) is 1. The Bertz CT molecular complexity index is 843. The number of halogens is 1. The molecule has 3 rings (SSSR count). The van der Waals surface area contributed by atoms with Crippen molar-refractivity contribution >= 4 is 23.4 Å². The number of rotatable bonds is 6. The van der Waals surface area contributed by atoms with Crippen LogP contribution in [0.25, 0.3) is 5.57 Å². The van der Waals surface area contributed by atoms with Gasteiger partial charge in [-0.05, 0) is 66.2 Å². The Hall–Kier alpha value is -2.12. The Kier molecular flexibility index (Phi) is 6.11. The Balaban J connectivity index is 1.94. The molecule has 0 saturated heterocycles. The van der Waals surface area contributed by atoms with E-state index in [4.69, 9.17) is 11.6 Å². The fourth-order valence-electron chi connectivity index (χ4n) is 3.55. The summed E-state index contributed by atoms with van der Waals surface area (Å²) in [6, 6.07) is 16.9. The minimum Gasteiger partial charge on any atom is -0.262 e. The predicted molar refractivity (Wildman–Crippen MR) is 114 cm³/mol. The van der Waals surface area contributed by atoms with Crippen LogP contribution in [0, 0.1) is 0 Å². The number of aliphatic imine (C=N–C) groups is 1. The molecule has 0 spiro atoms. The van der Waals surface area contributed by atoms with Gasteiger partial charge in [0.25, 0.3) is 0 Å². The quantitative estimate of drug-likeness (QED) is 0.473. The summed E-state index contributed by atoms with van der Waals surface area (Å²) in [7, 11) is 0. The van der Waals surface area contributed by atoms with Crippen LogP contribution in [-0.4, -0.2) is 6.21 Å². The second kappa shape index (κ2) is 8.51. The minimum absolute atomic E-state index is 0.331. The van der Waals surface area contributed by atoms with Crippen LogP contribution in [0.1, 0.15) is 62.1 Å². The molecule has 26 heavy (non-hydrogen) atoms. The molecular formula is C24H26ClN. The fraction of sp³-hybridized carbons (Fsp3) is 0.292. The highest BCUT2D eigenvalue weighted by Crippen LogP contribution is 2.41. The highest BCUT2D eigenvalue weighted by Gasteiger charge is 2.25. The van der Waals surface area contributed by atoms with Gasteiger partial charge in [0.2, 0.25) is 0 Å². The monoisotopic (exact) mass is 363 g/mol. The van der Waals surface area contributed by atoms with Gasteiger partial charge in [-0.2, -0.15) is 0 Å². The number of hydrogen-bond donors (Lipinski definition) is 0. The summed E-state index contributed by atoms with van der Waals surface area (Å²) in [6.07, 6.45) is 6.27. The molecule has 0 heterocycles. The van der Waals surface area contributed by atoms with Gasteiger partial charge in [-0.15, -0.1) is 0 Å². The molecule has 0 bridgehead atoms. The first-order valence-electron chi connectivity index (χ1n) is 9.36. The van der Waals surface area contributed by atoms with E-state index in [2.05, 4.69) is 61.8 Å². The molecule has 0 amide bonds. The Morgan fingerprint density at radius 2 is 1.92 bits per heavy atom. The zero-order chi connectivity index (χ0) is 18.5. The topological polar surface area (TPSA) is 12.4 Å². The third kappa shape index (κ3) is 4.16. The lowest BCUT2D eigenvalue weighted by Crippen LogP contribution is -2.12. The van der Waals surface area contributed by atoms with Gasteiger partial charge in [0.15, 0.2) is 0 Å². The summed E-state index contributed by atoms with van der Waals surface area (Å²) in [5, 5.41) is 0.776. The molecule has 0 N–H and O–H groups in total. The molecule has 1 unspecified atom stereocenters. The molecule has 0 radical (unpaired) electrons. The molecule has 2 aromatic rings. The van der Waals surface area contributed by atoms with Crippen LogP contribution in [0.4, 0.5) is 0 Å². The molecule has 1 nitrogen and oxygen atoms in total. The lowest BCUT2D eigenvalue weighted by atomic mass is 9.76. The number of benzene rings is 2. The van der Waals surface area contributed by atoms with Gasteiger partial charge in [0.1, 0.15) is 0 Å². The summed E-state index contributed by atoms with van der Waals surface area (Å²) in [6.45, 7) is 8.49. The van der Waals surface area contributed by atoms with Crippen molar-refractivity contribution in [2.45, 2.75) is 45.4 Å². The normalized spacial score (nSPS) is 16.8. The van der Waals surface area contributed by atoms with Crippen LogP contribution in [0.5, 0.6) is 0 Å². The number of allylic oxidation sites excluding steroid dienone is 3. The van der Waals surface area contributed by atoms with Crippen LogP contribution in [0.2, 0.25) is 5.02 Å². The van der Waals surface area contributed by atoms with E-state index < -0.39 is 0 Å². The standard InChI is InChI=1S/C24H26ClN/c1-4-5-8-17(2)26-16-20-15-24(19-11-13-21(25)14-12-19)23-10-7-6-9-22(23)18(20)3/h6-7,9-14,16,24H,2,4-5,8,15H2,1,3H3/b26-16-. The van der Waals surface area contributed by atoms with E-state index in [-0.39, 0.29) is 0 Å². The SMILES string of the molecule is C=C(CCCC)/N=C\C1=C(C)c2ccccc2C(c2ccc(Cl)cc2)C1. The van der Waals surface area contributed by atoms with Crippen molar-refractivity contribution in [3.63, 3.8) is 0 Å². The van der Waals surface area contributed by atoms with E-state index in [0.29, 0.717) is 5.92 Å². The highest BCUT2D eigenvalue weighted by molar-refractivity contribution is 6.30. The maximum atomic E-state index is 6.09. The van der Waals surface area contributed by atoms with Gasteiger partial charge in [-0.1, -0.05) is 67.9 Å². The molecule has 0 aromatic heterocycles. The molecule has 0 fully saturated rings. The van der Waals surface area contributed by atoms with E-state index >= 15 is 0 Å². The van der Waals surface area contributed by atoms with Gasteiger partial charge >= 0.3 is 0 Å². The largest absolute Gasteiger partial charge is 0.262 e. The van der Waals surface area contributed by atoms with E-state index in [1.165, 1.54) is 34.3 Å². The van der Waals surface area contributed by atoms with E-state index in [1.54, 1.807) is 0 Å². The average Bonchev–Trinajstić information content (AvgIpc) is 2.67. The highest BCUT2D eigenvalue weighted by atomic mass is 35.5. The van der Waals surface area contributed by atoms with Crippen molar-refractivity contribution in [1.82, 2.24) is 0 Å². The summed E-state index contributed by atoms with van der Waals surface area (Å²) in [5.74, 6) is 0.331. The lowest BCUT2D eigenvalue weighted by Gasteiger charge is -2.28. The third-order valence-electron chi connectivity index (χ3n) is 5.14. The molecule has 0 aliphatic heterocycles. The van der Waals surface area contributed by atoms with Crippen molar-refractivity contribution in [2.24, 2.45) is 4.99 Å². The Morgan fingerprint density at radius 1 is 1.19 bits per heavy atom. The molecule has 0 saturated carbocycles. The van der Waals surface area contributed by atoms with Crippen molar-refractivity contribution in [3.8, 4) is 0 Å². The van der Waals surface area contributed by atoms with E-state index in [9.17, 15) is 0 Å². The van der Waals surface area contributed by atoms with Crippen molar-refractivity contribution in [3.05, 3.63) is 88.1 Å². The Labute approximate surface area is 162 Å². The molecule has 2 aromatic carbocycles. The second-order valence-corrected chi connectivity index (χ2v) is 7.41. The van der Waals surface area contributed by atoms with Gasteiger partial charge < -0.3 is 0 Å². The van der Waals surface area contributed by atoms with Crippen LogP contribution in [0.15, 0.2) is 71.4 Å². The second-order valence-electron chi connectivity index (χ2n) is 6.97. The number of fused-ring (bicyclic) bond motifs is 1. The fourth-order valence-corrected chi connectivity index (χ4v) is 3.68. The van der Waals surface area contributed by atoms with Crippen LogP contribution in [0.3, 0.4) is 0 Å². The molecule has 1 aliphatic carbocycles. The Morgan fingerprint density at radius 3 is 2.65 bits per heavy atom. The zero-order valence-corrected chi connectivity index (χ0v) is 16.4. The smallest absolute Gasteiger partial charge is 0.0406 e. The minimum atomic E-state index is 0.331. The van der Waals surface area contributed by atoms with Crippen molar-refractivity contribution in [1.29, 1.82) is 0 Å². The first kappa shape index (κ1) is 18.7. The van der Waals surface area contributed by atoms with Crippen molar-refractivity contribution in [2.75, 3.05) is 0 Å². The summed E-state index contributed by atoms with van der Waals surface area (Å²) >= 11 is 6.09. The zero-order valence-electron chi connectivity index (χ0n) is 15.6. The van der Waals surface area contributed by atoms with Gasteiger partial charge in [-0.3, -0.25) is 4.99 Å². The molecular weight excluding hydrogens is 338 g/mol. The number of nitrogens with zero attached hydrogens (tertiary/aromatic N) is 1. The summed E-state index contributed by atoms with van der Waals surface area (Å²) in [5.41, 5.74) is 7.58. The lowest BCUT2D eigenvalue weighted by molar-refractivity contribution is 0.782. The predicted octanol–water partition coefficient (Wildman–Crippen LogP) is 7.42. The van der Waals surface area contributed by atoms with Gasteiger partial charge in [0.05, 0.1) is 0 Å². The summed E-state index contributed by atoms with van der Waals surface area (Å²) in [4.78, 5) is 4.65. The van der Waals surface area contributed by atoms with E-state index in [0.717, 1.165) is 30.0 Å². The van der Waals surface area contributed by atoms with Crippen LogP contribution in [-0.2, 0) is 0 Å². The first-order chi connectivity index (χ1) is 12.6. The summed E-state index contributed by atoms with van der Waals surface area (Å²) < 4.78 is 0. The number of unbranched alkanes of at least 4 members (excludes halogenated alkanes) is 1. The maximum Gasteiger partial charge on any atom is 0.0406 e. The van der Waals surface area contributed by atoms with Gasteiger partial charge in [-0.25, -0.2) is 0 Å².